The summed E-state index contributed by atoms with van der Waals surface area (Å²) < 4.78 is 0. The predicted octanol–water partition coefficient (Wildman–Crippen LogP) is -0.268. The smallest absolute Gasteiger partial charge is 0.266 e. The average Bonchev–Trinajstić information content (AvgIpc) is 2.28. The zero-order valence-corrected chi connectivity index (χ0v) is 9.49. The van der Waals surface area contributed by atoms with E-state index in [4.69, 9.17) is 0 Å². The van der Waals surface area contributed by atoms with Gasteiger partial charge >= 0.3 is 0 Å². The molecule has 0 unspecified atom stereocenters. The molecule has 1 amide bonds. The SMILES string of the molecule is CCCN(CC(=O)NC)c1cn[nH]c(=O)c1. The van der Waals surface area contributed by atoms with E-state index in [0.717, 1.165) is 6.42 Å². The van der Waals surface area contributed by atoms with Gasteiger partial charge in [-0.3, -0.25) is 9.59 Å². The van der Waals surface area contributed by atoms with Crippen LogP contribution in [0.2, 0.25) is 0 Å². The summed E-state index contributed by atoms with van der Waals surface area (Å²) in [7, 11) is 1.59. The Balaban J connectivity index is 2.84. The molecule has 1 aromatic rings. The largest absolute Gasteiger partial charge is 0.361 e. The fourth-order valence-electron chi connectivity index (χ4n) is 1.36. The molecule has 2 N–H and O–H groups in total. The monoisotopic (exact) mass is 224 g/mol. The number of aromatic amines is 1. The summed E-state index contributed by atoms with van der Waals surface area (Å²) in [4.78, 5) is 24.2. The minimum Gasteiger partial charge on any atom is -0.361 e. The molecule has 0 aliphatic rings. The first kappa shape index (κ1) is 12.2. The van der Waals surface area contributed by atoms with Gasteiger partial charge in [-0.25, -0.2) is 5.10 Å². The number of carbonyl (C=O) groups excluding carboxylic acids is 1. The Kier molecular flexibility index (Phi) is 4.50. The van der Waals surface area contributed by atoms with Gasteiger partial charge in [0.05, 0.1) is 18.4 Å². The molecule has 0 bridgehead atoms. The van der Waals surface area contributed by atoms with E-state index >= 15 is 0 Å². The minimum atomic E-state index is -0.268. The number of rotatable bonds is 5. The van der Waals surface area contributed by atoms with Gasteiger partial charge in [-0.2, -0.15) is 5.10 Å². The van der Waals surface area contributed by atoms with Crippen molar-refractivity contribution in [2.75, 3.05) is 25.0 Å². The number of carbonyl (C=O) groups is 1. The summed E-state index contributed by atoms with van der Waals surface area (Å²) in [6, 6.07) is 1.44. The van der Waals surface area contributed by atoms with Crippen LogP contribution in [0.15, 0.2) is 17.1 Å². The van der Waals surface area contributed by atoms with Crippen molar-refractivity contribution in [3.05, 3.63) is 22.6 Å². The summed E-state index contributed by atoms with van der Waals surface area (Å²) >= 11 is 0. The van der Waals surface area contributed by atoms with Crippen molar-refractivity contribution < 1.29 is 4.79 Å². The molecule has 0 aliphatic heterocycles. The Hall–Kier alpha value is -1.85. The molecule has 0 spiro atoms. The standard InChI is InChI=1S/C10H16N4O2/c1-3-4-14(7-10(16)11-2)8-5-9(15)13-12-6-8/h5-6H,3-4,7H2,1-2H3,(H,11,16)(H,13,15). The zero-order valence-electron chi connectivity index (χ0n) is 9.49. The van der Waals surface area contributed by atoms with E-state index in [1.807, 2.05) is 11.8 Å². The normalized spacial score (nSPS) is 9.88. The van der Waals surface area contributed by atoms with E-state index in [1.54, 1.807) is 13.2 Å². The van der Waals surface area contributed by atoms with Crippen molar-refractivity contribution in [1.82, 2.24) is 15.5 Å². The van der Waals surface area contributed by atoms with Gasteiger partial charge in [0.25, 0.3) is 5.56 Å². The van der Waals surface area contributed by atoms with E-state index in [1.165, 1.54) is 6.07 Å². The molecule has 0 aromatic carbocycles. The molecule has 0 atom stereocenters. The first-order chi connectivity index (χ1) is 7.67. The lowest BCUT2D eigenvalue weighted by Gasteiger charge is -2.22. The van der Waals surface area contributed by atoms with Gasteiger partial charge in [-0.05, 0) is 6.42 Å². The Morgan fingerprint density at radius 2 is 2.38 bits per heavy atom. The number of H-pyrrole nitrogens is 1. The Bertz CT molecular complexity index is 402. The molecule has 1 heterocycles. The molecule has 0 aliphatic carbocycles. The predicted molar refractivity (Wildman–Crippen MR) is 61.4 cm³/mol. The highest BCUT2D eigenvalue weighted by Crippen LogP contribution is 2.08. The lowest BCUT2D eigenvalue weighted by molar-refractivity contribution is -0.119. The van der Waals surface area contributed by atoms with Gasteiger partial charge in [-0.15, -0.1) is 0 Å². The van der Waals surface area contributed by atoms with Crippen LogP contribution in [-0.4, -0.2) is 36.2 Å². The molecule has 6 heteroatoms. The van der Waals surface area contributed by atoms with E-state index in [2.05, 4.69) is 15.5 Å². The highest BCUT2D eigenvalue weighted by Gasteiger charge is 2.10. The number of anilines is 1. The number of hydrogen-bond donors (Lipinski definition) is 2. The van der Waals surface area contributed by atoms with Crippen LogP contribution in [0.3, 0.4) is 0 Å². The molecule has 1 aromatic heterocycles. The number of hydrogen-bond acceptors (Lipinski definition) is 4. The summed E-state index contributed by atoms with van der Waals surface area (Å²) in [5, 5.41) is 8.56. The molecule has 16 heavy (non-hydrogen) atoms. The molecule has 88 valence electrons. The Morgan fingerprint density at radius 3 is 2.94 bits per heavy atom. The minimum absolute atomic E-state index is 0.0891. The van der Waals surface area contributed by atoms with Crippen molar-refractivity contribution in [1.29, 1.82) is 0 Å². The van der Waals surface area contributed by atoms with Crippen molar-refractivity contribution >= 4 is 11.6 Å². The van der Waals surface area contributed by atoms with Crippen LogP contribution >= 0.6 is 0 Å². The summed E-state index contributed by atoms with van der Waals surface area (Å²) in [6.07, 6.45) is 2.43. The summed E-state index contributed by atoms with van der Waals surface area (Å²) in [5.74, 6) is -0.0891. The lowest BCUT2D eigenvalue weighted by atomic mass is 10.3. The van der Waals surface area contributed by atoms with Crippen LogP contribution < -0.4 is 15.8 Å². The van der Waals surface area contributed by atoms with Crippen molar-refractivity contribution in [3.63, 3.8) is 0 Å². The average molecular weight is 224 g/mol. The third kappa shape index (κ3) is 3.38. The second kappa shape index (κ2) is 5.89. The van der Waals surface area contributed by atoms with Gasteiger partial charge < -0.3 is 10.2 Å². The van der Waals surface area contributed by atoms with E-state index in [0.29, 0.717) is 12.2 Å². The van der Waals surface area contributed by atoms with Gasteiger partial charge in [0.15, 0.2) is 0 Å². The van der Waals surface area contributed by atoms with Crippen LogP contribution in [0.1, 0.15) is 13.3 Å². The highest BCUT2D eigenvalue weighted by atomic mass is 16.2. The fraction of sp³-hybridized carbons (Fsp3) is 0.500. The van der Waals surface area contributed by atoms with Crippen LogP contribution in [-0.2, 0) is 4.79 Å². The maximum atomic E-state index is 11.3. The molecule has 0 fully saturated rings. The molecule has 6 nitrogen and oxygen atoms in total. The van der Waals surface area contributed by atoms with Gasteiger partial charge in [0, 0.05) is 19.7 Å². The molecule has 0 radical (unpaired) electrons. The third-order valence-electron chi connectivity index (χ3n) is 2.12. The van der Waals surface area contributed by atoms with Gasteiger partial charge in [0.1, 0.15) is 0 Å². The van der Waals surface area contributed by atoms with Crippen LogP contribution in [0.25, 0.3) is 0 Å². The summed E-state index contributed by atoms with van der Waals surface area (Å²) in [6.45, 7) is 2.95. The fourth-order valence-corrected chi connectivity index (χ4v) is 1.36. The number of aromatic nitrogens is 2. The Labute approximate surface area is 93.7 Å². The molecular formula is C10H16N4O2. The Morgan fingerprint density at radius 1 is 1.62 bits per heavy atom. The molecule has 1 rings (SSSR count). The van der Waals surface area contributed by atoms with E-state index in [-0.39, 0.29) is 18.0 Å². The molecule has 0 saturated heterocycles. The molecule has 0 saturated carbocycles. The number of nitrogens with zero attached hydrogens (tertiary/aromatic N) is 2. The van der Waals surface area contributed by atoms with Crippen LogP contribution in [0.4, 0.5) is 5.69 Å². The van der Waals surface area contributed by atoms with Gasteiger partial charge in [-0.1, -0.05) is 6.92 Å². The highest BCUT2D eigenvalue weighted by molar-refractivity contribution is 5.80. The van der Waals surface area contributed by atoms with Gasteiger partial charge in [0.2, 0.25) is 5.91 Å². The number of amides is 1. The first-order valence-electron chi connectivity index (χ1n) is 5.17. The first-order valence-corrected chi connectivity index (χ1v) is 5.17. The number of nitrogens with one attached hydrogen (secondary N) is 2. The zero-order chi connectivity index (χ0) is 12.0. The lowest BCUT2D eigenvalue weighted by Crippen LogP contribution is -2.36. The molecular weight excluding hydrogens is 208 g/mol. The maximum absolute atomic E-state index is 11.3. The van der Waals surface area contributed by atoms with Crippen molar-refractivity contribution in [2.45, 2.75) is 13.3 Å². The number of likely N-dealkylation sites (N-methyl/N-ethyl adjacent to an activating group) is 1. The third-order valence-corrected chi connectivity index (χ3v) is 2.12. The maximum Gasteiger partial charge on any atom is 0.266 e. The second-order valence-electron chi connectivity index (χ2n) is 3.40. The quantitative estimate of drug-likeness (QED) is 0.722. The van der Waals surface area contributed by atoms with E-state index < -0.39 is 0 Å². The van der Waals surface area contributed by atoms with Crippen molar-refractivity contribution in [3.8, 4) is 0 Å². The topological polar surface area (TPSA) is 78.1 Å². The van der Waals surface area contributed by atoms with Crippen molar-refractivity contribution in [2.24, 2.45) is 0 Å². The van der Waals surface area contributed by atoms with E-state index in [9.17, 15) is 9.59 Å². The summed E-state index contributed by atoms with van der Waals surface area (Å²) in [5.41, 5.74) is 0.393. The van der Waals surface area contributed by atoms with Crippen LogP contribution in [0.5, 0.6) is 0 Å². The second-order valence-corrected chi connectivity index (χ2v) is 3.40. The van der Waals surface area contributed by atoms with Crippen LogP contribution in [0, 0.1) is 0 Å².